The zero-order valence-corrected chi connectivity index (χ0v) is 10.6. The molecule has 4 nitrogen and oxygen atoms in total. The van der Waals surface area contributed by atoms with Crippen molar-refractivity contribution in [2.45, 2.75) is 38.0 Å². The molecule has 1 fully saturated rings. The van der Waals surface area contributed by atoms with Gasteiger partial charge < -0.3 is 5.11 Å². The van der Waals surface area contributed by atoms with Crippen molar-refractivity contribution in [3.8, 4) is 0 Å². The Balaban J connectivity index is 2.36. The molecule has 16 heavy (non-hydrogen) atoms. The molecule has 1 heterocycles. The predicted octanol–water partition coefficient (Wildman–Crippen LogP) is 2.69. The number of aliphatic carboxylic acids is 1. The molecule has 1 saturated carbocycles. The Labute approximate surface area is 102 Å². The Morgan fingerprint density at radius 1 is 1.69 bits per heavy atom. The third-order valence-electron chi connectivity index (χ3n) is 2.77. The van der Waals surface area contributed by atoms with Gasteiger partial charge in [0.1, 0.15) is 5.82 Å². The number of halogens is 1. The summed E-state index contributed by atoms with van der Waals surface area (Å²) in [4.78, 5) is 19.7. The highest BCUT2D eigenvalue weighted by atomic mass is 79.9. The van der Waals surface area contributed by atoms with Crippen LogP contribution in [-0.2, 0) is 4.79 Å². The molecule has 2 rings (SSSR count). The smallest absolute Gasteiger partial charge is 0.312 e. The molecule has 0 amide bonds. The fourth-order valence-electron chi connectivity index (χ4n) is 1.66. The van der Waals surface area contributed by atoms with Crippen LogP contribution in [0.1, 0.15) is 49.5 Å². The van der Waals surface area contributed by atoms with Crippen molar-refractivity contribution in [1.82, 2.24) is 9.97 Å². The lowest BCUT2D eigenvalue weighted by Gasteiger charge is -2.11. The Bertz CT molecular complexity index is 418. The molecular weight excluding hydrogens is 272 g/mol. The minimum Gasteiger partial charge on any atom is -0.481 e. The van der Waals surface area contributed by atoms with Gasteiger partial charge in [0.2, 0.25) is 0 Å². The van der Waals surface area contributed by atoms with E-state index in [-0.39, 0.29) is 0 Å². The second kappa shape index (κ2) is 4.49. The van der Waals surface area contributed by atoms with E-state index < -0.39 is 11.9 Å². The van der Waals surface area contributed by atoms with Crippen LogP contribution in [0.2, 0.25) is 0 Å². The fourth-order valence-corrected chi connectivity index (χ4v) is 2.13. The first-order valence-corrected chi connectivity index (χ1v) is 6.18. The normalized spacial score (nSPS) is 17.1. The minimum atomic E-state index is -0.830. The molecule has 0 aliphatic heterocycles. The average Bonchev–Trinajstić information content (AvgIpc) is 3.05. The summed E-state index contributed by atoms with van der Waals surface area (Å²) in [7, 11) is 0. The molecule has 0 aromatic carbocycles. The zero-order chi connectivity index (χ0) is 11.7. The molecule has 0 radical (unpaired) electrons. The highest BCUT2D eigenvalue weighted by molar-refractivity contribution is 9.10. The first-order valence-electron chi connectivity index (χ1n) is 5.38. The van der Waals surface area contributed by atoms with Crippen LogP contribution in [0, 0.1) is 0 Å². The Kier molecular flexibility index (Phi) is 3.23. The number of rotatable bonds is 4. The first kappa shape index (κ1) is 11.5. The molecule has 86 valence electrons. The summed E-state index contributed by atoms with van der Waals surface area (Å²) in [6.45, 7) is 1.85. The molecule has 0 spiro atoms. The third-order valence-corrected chi connectivity index (χ3v) is 3.38. The maximum Gasteiger partial charge on any atom is 0.312 e. The van der Waals surface area contributed by atoms with Crippen molar-refractivity contribution in [2.24, 2.45) is 0 Å². The van der Waals surface area contributed by atoms with E-state index in [0.717, 1.165) is 18.7 Å². The lowest BCUT2D eigenvalue weighted by atomic mass is 10.0. The molecule has 1 N–H and O–H groups in total. The number of hydrogen-bond acceptors (Lipinski definition) is 3. The van der Waals surface area contributed by atoms with E-state index in [2.05, 4.69) is 25.9 Å². The number of carbonyl (C=O) groups is 1. The Morgan fingerprint density at radius 2 is 2.38 bits per heavy atom. The van der Waals surface area contributed by atoms with Crippen molar-refractivity contribution in [3.63, 3.8) is 0 Å². The van der Waals surface area contributed by atoms with Gasteiger partial charge in [0.05, 0.1) is 16.1 Å². The van der Waals surface area contributed by atoms with Gasteiger partial charge in [-0.1, -0.05) is 6.92 Å². The number of nitrogens with zero attached hydrogens (tertiary/aromatic N) is 2. The van der Waals surface area contributed by atoms with E-state index in [9.17, 15) is 4.79 Å². The van der Waals surface area contributed by atoms with Crippen LogP contribution in [0.4, 0.5) is 0 Å². The van der Waals surface area contributed by atoms with Gasteiger partial charge in [-0.25, -0.2) is 9.97 Å². The van der Waals surface area contributed by atoms with Gasteiger partial charge >= 0.3 is 5.97 Å². The highest BCUT2D eigenvalue weighted by Gasteiger charge is 2.29. The summed E-state index contributed by atoms with van der Waals surface area (Å²) < 4.78 is 0.686. The maximum absolute atomic E-state index is 11.1. The Morgan fingerprint density at radius 3 is 2.88 bits per heavy atom. The minimum absolute atomic E-state index is 0.443. The SMILES string of the molecule is CCC(C(=O)O)c1nc(C2CC2)ncc1Br. The summed E-state index contributed by atoms with van der Waals surface area (Å²) in [5.74, 6) is -0.144. The number of hydrogen-bond donors (Lipinski definition) is 1. The van der Waals surface area contributed by atoms with Gasteiger partial charge in [-0.2, -0.15) is 0 Å². The molecular formula is C11H13BrN2O2. The summed E-state index contributed by atoms with van der Waals surface area (Å²) >= 11 is 3.32. The number of aromatic nitrogens is 2. The van der Waals surface area contributed by atoms with Crippen molar-refractivity contribution in [3.05, 3.63) is 22.2 Å². The summed E-state index contributed by atoms with van der Waals surface area (Å²) in [5, 5.41) is 9.12. The molecule has 1 unspecified atom stereocenters. The van der Waals surface area contributed by atoms with E-state index >= 15 is 0 Å². The topological polar surface area (TPSA) is 63.1 Å². The molecule has 1 atom stereocenters. The van der Waals surface area contributed by atoms with Crippen molar-refractivity contribution >= 4 is 21.9 Å². The quantitative estimate of drug-likeness (QED) is 0.923. The van der Waals surface area contributed by atoms with E-state index in [1.165, 1.54) is 0 Å². The van der Waals surface area contributed by atoms with E-state index in [1.54, 1.807) is 6.20 Å². The molecule has 0 bridgehead atoms. The van der Waals surface area contributed by atoms with Crippen LogP contribution in [0.5, 0.6) is 0 Å². The number of carboxylic acids is 1. The van der Waals surface area contributed by atoms with Gasteiger partial charge in [0.25, 0.3) is 0 Å². The second-order valence-electron chi connectivity index (χ2n) is 4.03. The van der Waals surface area contributed by atoms with Crippen LogP contribution in [0.15, 0.2) is 10.7 Å². The molecule has 1 aromatic heterocycles. The van der Waals surface area contributed by atoms with E-state index in [0.29, 0.717) is 22.5 Å². The van der Waals surface area contributed by atoms with Crippen molar-refractivity contribution < 1.29 is 9.90 Å². The first-order chi connectivity index (χ1) is 7.63. The largest absolute Gasteiger partial charge is 0.481 e. The summed E-state index contributed by atoms with van der Waals surface area (Å²) in [6.07, 6.45) is 4.44. The fraction of sp³-hybridized carbons (Fsp3) is 0.545. The van der Waals surface area contributed by atoms with E-state index in [1.807, 2.05) is 6.92 Å². The van der Waals surface area contributed by atoms with Crippen molar-refractivity contribution in [1.29, 1.82) is 0 Å². The molecule has 0 saturated heterocycles. The van der Waals surface area contributed by atoms with Gasteiger partial charge in [0, 0.05) is 12.1 Å². The molecule has 1 aliphatic rings. The molecule has 5 heteroatoms. The highest BCUT2D eigenvalue weighted by Crippen LogP contribution is 2.39. The van der Waals surface area contributed by atoms with Gasteiger partial charge in [-0.05, 0) is 35.2 Å². The van der Waals surface area contributed by atoms with Gasteiger partial charge in [-0.3, -0.25) is 4.79 Å². The lowest BCUT2D eigenvalue weighted by Crippen LogP contribution is -2.14. The van der Waals surface area contributed by atoms with E-state index in [4.69, 9.17) is 5.11 Å². The lowest BCUT2D eigenvalue weighted by molar-refractivity contribution is -0.139. The maximum atomic E-state index is 11.1. The van der Waals surface area contributed by atoms with Crippen molar-refractivity contribution in [2.75, 3.05) is 0 Å². The van der Waals surface area contributed by atoms with Crippen LogP contribution in [-0.4, -0.2) is 21.0 Å². The van der Waals surface area contributed by atoms with Crippen LogP contribution < -0.4 is 0 Å². The third kappa shape index (κ3) is 2.24. The molecule has 1 aromatic rings. The Hall–Kier alpha value is -0.970. The standard InChI is InChI=1S/C11H13BrN2O2/c1-2-7(11(15)16)9-8(12)5-13-10(14-9)6-3-4-6/h5-7H,2-4H2,1H3,(H,15,16). The van der Waals surface area contributed by atoms with Gasteiger partial charge in [0.15, 0.2) is 0 Å². The second-order valence-corrected chi connectivity index (χ2v) is 4.89. The monoisotopic (exact) mass is 284 g/mol. The van der Waals surface area contributed by atoms with Gasteiger partial charge in [-0.15, -0.1) is 0 Å². The molecule has 1 aliphatic carbocycles. The average molecular weight is 285 g/mol. The van der Waals surface area contributed by atoms with Crippen LogP contribution >= 0.6 is 15.9 Å². The van der Waals surface area contributed by atoms with Crippen LogP contribution in [0.3, 0.4) is 0 Å². The van der Waals surface area contributed by atoms with Crippen LogP contribution in [0.25, 0.3) is 0 Å². The zero-order valence-electron chi connectivity index (χ0n) is 8.98. The predicted molar refractivity (Wildman–Crippen MR) is 62.4 cm³/mol. The number of carboxylic acid groups (broad SMARTS) is 1. The summed E-state index contributed by atoms with van der Waals surface area (Å²) in [5.41, 5.74) is 0.604. The summed E-state index contributed by atoms with van der Waals surface area (Å²) in [6, 6.07) is 0.